The van der Waals surface area contributed by atoms with Crippen molar-refractivity contribution in [3.8, 4) is 0 Å². The van der Waals surface area contributed by atoms with Crippen LogP contribution in [0.3, 0.4) is 0 Å². The summed E-state index contributed by atoms with van der Waals surface area (Å²) in [6, 6.07) is 5.23. The predicted molar refractivity (Wildman–Crippen MR) is 85.1 cm³/mol. The van der Waals surface area contributed by atoms with E-state index in [0.717, 1.165) is 16.9 Å². The molecule has 0 aliphatic rings. The number of nitrogens with zero attached hydrogens (tertiary/aromatic N) is 3. The van der Waals surface area contributed by atoms with Gasteiger partial charge in [0.25, 0.3) is 5.91 Å². The molecule has 2 aromatic rings. The zero-order valence-electron chi connectivity index (χ0n) is 12.7. The van der Waals surface area contributed by atoms with E-state index in [0.29, 0.717) is 17.9 Å². The summed E-state index contributed by atoms with van der Waals surface area (Å²) in [5, 5.41) is 2.91. The van der Waals surface area contributed by atoms with E-state index in [1.807, 2.05) is 24.6 Å². The topological polar surface area (TPSA) is 76.3 Å². The van der Waals surface area contributed by atoms with Crippen molar-refractivity contribution in [2.45, 2.75) is 6.92 Å². The van der Waals surface area contributed by atoms with Crippen LogP contribution in [0.4, 0.5) is 0 Å². The van der Waals surface area contributed by atoms with Crippen molar-refractivity contribution in [3.05, 3.63) is 29.6 Å². The third-order valence-electron chi connectivity index (χ3n) is 3.36. The standard InChI is InChI=1S/C14H20N4O2S/c1-10-16-12-9-11(5-6-13(12)18(10)3)14(19)17-21(4,20)8-7-15-2/h5-6,9,15H,7-8H2,1-4H3. The van der Waals surface area contributed by atoms with Gasteiger partial charge in [-0.05, 0) is 32.2 Å². The van der Waals surface area contributed by atoms with Crippen molar-refractivity contribution < 1.29 is 9.00 Å². The van der Waals surface area contributed by atoms with Crippen LogP contribution in [0.25, 0.3) is 11.0 Å². The minimum atomic E-state index is -2.51. The van der Waals surface area contributed by atoms with Gasteiger partial charge >= 0.3 is 0 Å². The second-order valence-corrected chi connectivity index (χ2v) is 7.59. The quantitative estimate of drug-likeness (QED) is 0.924. The number of nitrogens with one attached hydrogen (secondary N) is 1. The Labute approximate surface area is 124 Å². The number of amides is 1. The summed E-state index contributed by atoms with van der Waals surface area (Å²) in [4.78, 5) is 16.5. The van der Waals surface area contributed by atoms with E-state index in [1.165, 1.54) is 6.26 Å². The molecule has 114 valence electrons. The van der Waals surface area contributed by atoms with Crippen molar-refractivity contribution in [2.24, 2.45) is 11.4 Å². The SMILES string of the molecule is CNCCS(C)(=O)=NC(=O)c1ccc2c(c1)nc(C)n2C. The van der Waals surface area contributed by atoms with E-state index >= 15 is 0 Å². The Bertz CT molecular complexity index is 801. The molecule has 1 N–H and O–H groups in total. The molecule has 1 heterocycles. The van der Waals surface area contributed by atoms with Crippen molar-refractivity contribution in [2.75, 3.05) is 25.6 Å². The number of carbonyl (C=O) groups excluding carboxylic acids is 1. The fraction of sp³-hybridized carbons (Fsp3) is 0.429. The van der Waals surface area contributed by atoms with Gasteiger partial charge in [-0.25, -0.2) is 9.19 Å². The Morgan fingerprint density at radius 3 is 2.86 bits per heavy atom. The van der Waals surface area contributed by atoms with Crippen LogP contribution in [0.5, 0.6) is 0 Å². The van der Waals surface area contributed by atoms with Crippen molar-refractivity contribution >= 4 is 26.7 Å². The summed E-state index contributed by atoms with van der Waals surface area (Å²) in [6.07, 6.45) is 1.51. The highest BCUT2D eigenvalue weighted by Crippen LogP contribution is 2.17. The van der Waals surface area contributed by atoms with Crippen LogP contribution in [0, 0.1) is 6.92 Å². The van der Waals surface area contributed by atoms with E-state index < -0.39 is 15.6 Å². The molecule has 1 atom stereocenters. The maximum atomic E-state index is 12.2. The molecule has 0 radical (unpaired) electrons. The lowest BCUT2D eigenvalue weighted by molar-refractivity contribution is 0.100. The highest BCUT2D eigenvalue weighted by molar-refractivity contribution is 7.93. The number of fused-ring (bicyclic) bond motifs is 1. The van der Waals surface area contributed by atoms with Crippen molar-refractivity contribution in [1.82, 2.24) is 14.9 Å². The minimum absolute atomic E-state index is 0.347. The first-order chi connectivity index (χ1) is 9.84. The number of aromatic nitrogens is 2. The lowest BCUT2D eigenvalue weighted by atomic mass is 10.2. The number of benzene rings is 1. The Morgan fingerprint density at radius 1 is 1.48 bits per heavy atom. The van der Waals surface area contributed by atoms with Gasteiger partial charge in [0.2, 0.25) is 0 Å². The van der Waals surface area contributed by atoms with Crippen LogP contribution in [-0.2, 0) is 16.8 Å². The summed E-state index contributed by atoms with van der Waals surface area (Å²) in [7, 11) is 1.19. The molecule has 1 aromatic carbocycles. The number of hydrogen-bond donors (Lipinski definition) is 1. The van der Waals surface area contributed by atoms with Crippen LogP contribution in [0.1, 0.15) is 16.2 Å². The first kappa shape index (κ1) is 15.7. The van der Waals surface area contributed by atoms with Gasteiger partial charge in [-0.1, -0.05) is 0 Å². The largest absolute Gasteiger partial charge is 0.331 e. The monoisotopic (exact) mass is 308 g/mol. The smallest absolute Gasteiger partial charge is 0.285 e. The third-order valence-corrected chi connectivity index (χ3v) is 4.87. The second kappa shape index (κ2) is 5.95. The Balaban J connectivity index is 2.36. The highest BCUT2D eigenvalue weighted by Gasteiger charge is 2.11. The molecule has 0 aliphatic heterocycles. The number of hydrogen-bond acceptors (Lipinski definition) is 4. The van der Waals surface area contributed by atoms with Gasteiger partial charge in [0.1, 0.15) is 5.82 Å². The second-order valence-electron chi connectivity index (χ2n) is 5.09. The first-order valence-corrected chi connectivity index (χ1v) is 8.75. The highest BCUT2D eigenvalue weighted by atomic mass is 32.2. The molecule has 0 fully saturated rings. The molecule has 0 saturated carbocycles. The maximum Gasteiger partial charge on any atom is 0.285 e. The van der Waals surface area contributed by atoms with Crippen LogP contribution >= 0.6 is 0 Å². The summed E-state index contributed by atoms with van der Waals surface area (Å²) in [5.41, 5.74) is 2.12. The predicted octanol–water partition coefficient (Wildman–Crippen LogP) is 1.34. The summed E-state index contributed by atoms with van der Waals surface area (Å²) in [6.45, 7) is 2.47. The molecule has 0 aliphatic carbocycles. The number of aryl methyl sites for hydroxylation is 2. The van der Waals surface area contributed by atoms with Gasteiger partial charge in [-0.2, -0.15) is 4.36 Å². The molecule has 0 saturated heterocycles. The fourth-order valence-electron chi connectivity index (χ4n) is 2.02. The number of carbonyl (C=O) groups is 1. The van der Waals surface area contributed by atoms with E-state index in [9.17, 15) is 9.00 Å². The molecule has 0 bridgehead atoms. The Hall–Kier alpha value is -1.73. The number of imidazole rings is 1. The van der Waals surface area contributed by atoms with Crippen molar-refractivity contribution in [1.29, 1.82) is 0 Å². The molecule has 21 heavy (non-hydrogen) atoms. The van der Waals surface area contributed by atoms with Crippen LogP contribution in [0.2, 0.25) is 0 Å². The van der Waals surface area contributed by atoms with Gasteiger partial charge < -0.3 is 9.88 Å². The molecule has 1 unspecified atom stereocenters. The van der Waals surface area contributed by atoms with Crippen LogP contribution < -0.4 is 5.32 Å². The minimum Gasteiger partial charge on any atom is -0.331 e. The molecule has 7 heteroatoms. The molecular formula is C14H20N4O2S. The van der Waals surface area contributed by atoms with Gasteiger partial charge in [-0.3, -0.25) is 4.79 Å². The summed E-state index contributed by atoms with van der Waals surface area (Å²) < 4.78 is 18.0. The van der Waals surface area contributed by atoms with Gasteiger partial charge in [0.05, 0.1) is 20.8 Å². The zero-order chi connectivity index (χ0) is 15.6. The van der Waals surface area contributed by atoms with Gasteiger partial charge in [0.15, 0.2) is 0 Å². The molecular weight excluding hydrogens is 288 g/mol. The maximum absolute atomic E-state index is 12.2. The van der Waals surface area contributed by atoms with Gasteiger partial charge in [-0.15, -0.1) is 0 Å². The number of rotatable bonds is 4. The molecule has 0 spiro atoms. The third kappa shape index (κ3) is 3.48. The summed E-state index contributed by atoms with van der Waals surface area (Å²) >= 11 is 0. The first-order valence-electron chi connectivity index (χ1n) is 6.66. The molecule has 1 aromatic heterocycles. The van der Waals surface area contributed by atoms with Crippen LogP contribution in [0.15, 0.2) is 22.6 Å². The van der Waals surface area contributed by atoms with Crippen LogP contribution in [-0.4, -0.2) is 45.3 Å². The summed E-state index contributed by atoms with van der Waals surface area (Å²) in [5.74, 6) is 0.767. The Morgan fingerprint density at radius 2 is 2.19 bits per heavy atom. The Kier molecular flexibility index (Phi) is 4.43. The normalized spacial score (nSPS) is 14.1. The lowest BCUT2D eigenvalue weighted by Crippen LogP contribution is -2.19. The molecule has 6 nitrogen and oxygen atoms in total. The average molecular weight is 308 g/mol. The molecule has 1 amide bonds. The van der Waals surface area contributed by atoms with E-state index in [-0.39, 0.29) is 0 Å². The van der Waals surface area contributed by atoms with E-state index in [4.69, 9.17) is 0 Å². The van der Waals surface area contributed by atoms with Crippen molar-refractivity contribution in [3.63, 3.8) is 0 Å². The van der Waals surface area contributed by atoms with E-state index in [2.05, 4.69) is 14.7 Å². The van der Waals surface area contributed by atoms with Gasteiger partial charge in [0, 0.05) is 31.2 Å². The fourth-order valence-corrected chi connectivity index (χ4v) is 3.15. The lowest BCUT2D eigenvalue weighted by Gasteiger charge is -2.03. The average Bonchev–Trinajstić information content (AvgIpc) is 2.71. The van der Waals surface area contributed by atoms with E-state index in [1.54, 1.807) is 19.2 Å². The molecule has 2 rings (SSSR count). The zero-order valence-corrected chi connectivity index (χ0v) is 13.5.